The lowest BCUT2D eigenvalue weighted by atomic mass is 10.0. The Morgan fingerprint density at radius 3 is 2.69 bits per heavy atom. The van der Waals surface area contributed by atoms with Gasteiger partial charge in [0.15, 0.2) is 11.6 Å². The van der Waals surface area contributed by atoms with Crippen LogP contribution in [0.4, 0.5) is 5.82 Å². The fourth-order valence-electron chi connectivity index (χ4n) is 1.69. The van der Waals surface area contributed by atoms with Gasteiger partial charge in [-0.1, -0.05) is 20.8 Å². The summed E-state index contributed by atoms with van der Waals surface area (Å²) in [6, 6.07) is 4.28. The Morgan fingerprint density at radius 2 is 2.12 bits per heavy atom. The van der Waals surface area contributed by atoms with Crippen LogP contribution in [0.3, 0.4) is 0 Å². The van der Waals surface area contributed by atoms with E-state index in [1.54, 1.807) is 6.20 Å². The molecular weight excluding hydrogens is 200 g/mol. The molecular formula is C13H22N2O. The van der Waals surface area contributed by atoms with Gasteiger partial charge < -0.3 is 10.1 Å². The summed E-state index contributed by atoms with van der Waals surface area (Å²) < 4.78 is 5.54. The first kappa shape index (κ1) is 12.8. The van der Waals surface area contributed by atoms with Crippen molar-refractivity contribution in [3.05, 3.63) is 18.3 Å². The van der Waals surface area contributed by atoms with Crippen LogP contribution in [-0.2, 0) is 0 Å². The maximum Gasteiger partial charge on any atom is 0.168 e. The first-order valence-corrected chi connectivity index (χ1v) is 6.03. The molecule has 0 spiro atoms. The highest BCUT2D eigenvalue weighted by molar-refractivity contribution is 5.50. The van der Waals surface area contributed by atoms with Gasteiger partial charge in [0.05, 0.1) is 6.61 Å². The largest absolute Gasteiger partial charge is 0.490 e. The summed E-state index contributed by atoms with van der Waals surface area (Å²) in [5.74, 6) is 2.27. The molecule has 1 heterocycles. The number of hydrogen-bond acceptors (Lipinski definition) is 3. The molecule has 0 aliphatic carbocycles. The molecule has 0 aromatic carbocycles. The van der Waals surface area contributed by atoms with Crippen molar-refractivity contribution in [3.8, 4) is 5.75 Å². The van der Waals surface area contributed by atoms with Crippen LogP contribution in [0, 0.1) is 5.92 Å². The average Bonchev–Trinajstić information content (AvgIpc) is 2.27. The van der Waals surface area contributed by atoms with E-state index in [0.717, 1.165) is 18.0 Å². The summed E-state index contributed by atoms with van der Waals surface area (Å²) in [5, 5.41) is 3.45. The van der Waals surface area contributed by atoms with Crippen LogP contribution in [0.1, 0.15) is 34.1 Å². The van der Waals surface area contributed by atoms with Crippen LogP contribution in [-0.4, -0.2) is 17.6 Å². The smallest absolute Gasteiger partial charge is 0.168 e. The van der Waals surface area contributed by atoms with Crippen LogP contribution in [0.25, 0.3) is 0 Å². The topological polar surface area (TPSA) is 34.1 Å². The lowest BCUT2D eigenvalue weighted by Gasteiger charge is -2.22. The van der Waals surface area contributed by atoms with Crippen LogP contribution in [0.2, 0.25) is 0 Å². The summed E-state index contributed by atoms with van der Waals surface area (Å²) in [7, 11) is 0. The van der Waals surface area contributed by atoms with E-state index in [2.05, 4.69) is 31.1 Å². The van der Waals surface area contributed by atoms with Gasteiger partial charge in [-0.2, -0.15) is 0 Å². The van der Waals surface area contributed by atoms with E-state index in [-0.39, 0.29) is 0 Å². The van der Waals surface area contributed by atoms with Gasteiger partial charge in [0.2, 0.25) is 0 Å². The second-order valence-corrected chi connectivity index (χ2v) is 4.19. The van der Waals surface area contributed by atoms with Gasteiger partial charge in [0.1, 0.15) is 0 Å². The van der Waals surface area contributed by atoms with Crippen LogP contribution < -0.4 is 10.1 Å². The van der Waals surface area contributed by atoms with Gasteiger partial charge >= 0.3 is 0 Å². The fourth-order valence-corrected chi connectivity index (χ4v) is 1.69. The van der Waals surface area contributed by atoms with Crippen molar-refractivity contribution in [2.24, 2.45) is 5.92 Å². The van der Waals surface area contributed by atoms with E-state index in [1.165, 1.54) is 0 Å². The molecule has 1 N–H and O–H groups in total. The first-order chi connectivity index (χ1) is 7.69. The fraction of sp³-hybridized carbons (Fsp3) is 0.615. The molecule has 0 saturated carbocycles. The molecule has 0 amide bonds. The summed E-state index contributed by atoms with van der Waals surface area (Å²) in [5.41, 5.74) is 0. The predicted molar refractivity (Wildman–Crippen MR) is 67.9 cm³/mol. The molecule has 0 bridgehead atoms. The second kappa shape index (κ2) is 6.36. The third-order valence-electron chi connectivity index (χ3n) is 2.64. The van der Waals surface area contributed by atoms with E-state index in [1.807, 2.05) is 19.1 Å². The standard InChI is InChI=1S/C13H22N2O/c1-5-11(10(3)4)15-13-12(16-6-2)8-7-9-14-13/h7-11H,5-6H2,1-4H3,(H,14,15). The maximum atomic E-state index is 5.54. The minimum absolute atomic E-state index is 0.439. The van der Waals surface area contributed by atoms with Gasteiger partial charge in [0, 0.05) is 12.2 Å². The normalized spacial score (nSPS) is 12.6. The molecule has 0 saturated heterocycles. The number of ether oxygens (including phenoxy) is 1. The van der Waals surface area contributed by atoms with Gasteiger partial charge in [-0.25, -0.2) is 4.98 Å². The Bertz CT molecular complexity index is 313. The highest BCUT2D eigenvalue weighted by Crippen LogP contribution is 2.23. The molecule has 1 rings (SSSR count). The Morgan fingerprint density at radius 1 is 1.38 bits per heavy atom. The van der Waals surface area contributed by atoms with Gasteiger partial charge in [0.25, 0.3) is 0 Å². The van der Waals surface area contributed by atoms with E-state index in [0.29, 0.717) is 18.6 Å². The third kappa shape index (κ3) is 3.40. The number of anilines is 1. The number of aromatic nitrogens is 1. The number of hydrogen-bond donors (Lipinski definition) is 1. The van der Waals surface area contributed by atoms with Crippen molar-refractivity contribution >= 4 is 5.82 Å². The summed E-state index contributed by atoms with van der Waals surface area (Å²) in [4.78, 5) is 4.33. The first-order valence-electron chi connectivity index (χ1n) is 6.03. The number of rotatable bonds is 6. The quantitative estimate of drug-likeness (QED) is 0.801. The van der Waals surface area contributed by atoms with Crippen molar-refractivity contribution in [3.63, 3.8) is 0 Å². The zero-order valence-corrected chi connectivity index (χ0v) is 10.7. The summed E-state index contributed by atoms with van der Waals surface area (Å²) in [6.45, 7) is 9.26. The van der Waals surface area contributed by atoms with Crippen LogP contribution >= 0.6 is 0 Å². The lowest BCUT2D eigenvalue weighted by Crippen LogP contribution is -2.25. The monoisotopic (exact) mass is 222 g/mol. The van der Waals surface area contributed by atoms with E-state index in [9.17, 15) is 0 Å². The Kier molecular flexibility index (Phi) is 5.09. The van der Waals surface area contributed by atoms with Crippen LogP contribution in [0.5, 0.6) is 5.75 Å². The van der Waals surface area contributed by atoms with Crippen molar-refractivity contribution in [2.75, 3.05) is 11.9 Å². The van der Waals surface area contributed by atoms with Crippen molar-refractivity contribution < 1.29 is 4.74 Å². The Hall–Kier alpha value is -1.25. The third-order valence-corrected chi connectivity index (χ3v) is 2.64. The number of nitrogens with one attached hydrogen (secondary N) is 1. The molecule has 0 fully saturated rings. The number of nitrogens with zero attached hydrogens (tertiary/aromatic N) is 1. The molecule has 1 aromatic heterocycles. The molecule has 0 aliphatic rings. The lowest BCUT2D eigenvalue weighted by molar-refractivity contribution is 0.339. The molecule has 16 heavy (non-hydrogen) atoms. The van der Waals surface area contributed by atoms with Crippen molar-refractivity contribution in [2.45, 2.75) is 40.2 Å². The molecule has 3 nitrogen and oxygen atoms in total. The van der Waals surface area contributed by atoms with E-state index in [4.69, 9.17) is 4.74 Å². The van der Waals surface area contributed by atoms with E-state index >= 15 is 0 Å². The molecule has 3 heteroatoms. The van der Waals surface area contributed by atoms with Gasteiger partial charge in [-0.15, -0.1) is 0 Å². The second-order valence-electron chi connectivity index (χ2n) is 4.19. The number of pyridine rings is 1. The SMILES string of the molecule is CCOc1cccnc1NC(CC)C(C)C. The molecule has 1 unspecified atom stereocenters. The molecule has 1 atom stereocenters. The summed E-state index contributed by atoms with van der Waals surface area (Å²) in [6.07, 6.45) is 2.87. The minimum atomic E-state index is 0.439. The van der Waals surface area contributed by atoms with Crippen molar-refractivity contribution in [1.82, 2.24) is 4.98 Å². The molecule has 90 valence electrons. The average molecular weight is 222 g/mol. The van der Waals surface area contributed by atoms with Gasteiger partial charge in [-0.05, 0) is 31.4 Å². The minimum Gasteiger partial charge on any atom is -0.490 e. The zero-order valence-electron chi connectivity index (χ0n) is 10.7. The van der Waals surface area contributed by atoms with Crippen molar-refractivity contribution in [1.29, 1.82) is 0 Å². The van der Waals surface area contributed by atoms with Gasteiger partial charge in [-0.3, -0.25) is 0 Å². The molecule has 1 aromatic rings. The highest BCUT2D eigenvalue weighted by atomic mass is 16.5. The maximum absolute atomic E-state index is 5.54. The van der Waals surface area contributed by atoms with E-state index < -0.39 is 0 Å². The van der Waals surface area contributed by atoms with Crippen LogP contribution in [0.15, 0.2) is 18.3 Å². The Labute approximate surface area is 98.2 Å². The predicted octanol–water partition coefficient (Wildman–Crippen LogP) is 3.33. The zero-order chi connectivity index (χ0) is 12.0. The molecule has 0 aliphatic heterocycles. The Balaban J connectivity index is 2.78. The summed E-state index contributed by atoms with van der Waals surface area (Å²) >= 11 is 0. The molecule has 0 radical (unpaired) electrons. The highest BCUT2D eigenvalue weighted by Gasteiger charge is 2.13.